The second kappa shape index (κ2) is 12.3. The highest BCUT2D eigenvalue weighted by atomic mass is 32.2. The zero-order valence-electron chi connectivity index (χ0n) is 21.2. The van der Waals surface area contributed by atoms with Crippen molar-refractivity contribution in [3.05, 3.63) is 53.1 Å². The van der Waals surface area contributed by atoms with Gasteiger partial charge in [0.1, 0.15) is 12.0 Å². The van der Waals surface area contributed by atoms with Crippen LogP contribution in [0.15, 0.2) is 41.3 Å². The predicted molar refractivity (Wildman–Crippen MR) is 139 cm³/mol. The smallest absolute Gasteiger partial charge is 0.248 e. The molecule has 0 fully saturated rings. The maximum absolute atomic E-state index is 13.2. The van der Waals surface area contributed by atoms with Crippen LogP contribution < -0.4 is 15.8 Å². The van der Waals surface area contributed by atoms with Crippen LogP contribution in [0.5, 0.6) is 5.75 Å². The molecule has 2 unspecified atom stereocenters. The van der Waals surface area contributed by atoms with Gasteiger partial charge in [0.25, 0.3) is 0 Å². The predicted octanol–water partition coefficient (Wildman–Crippen LogP) is 5.52. The van der Waals surface area contributed by atoms with Crippen molar-refractivity contribution in [1.82, 2.24) is 0 Å². The van der Waals surface area contributed by atoms with Gasteiger partial charge in [0, 0.05) is 23.7 Å². The van der Waals surface area contributed by atoms with Crippen molar-refractivity contribution in [1.29, 1.82) is 0 Å². The maximum atomic E-state index is 13.2. The van der Waals surface area contributed by atoms with Crippen molar-refractivity contribution >= 4 is 28.7 Å². The molecule has 186 valence electrons. The van der Waals surface area contributed by atoms with Gasteiger partial charge in [-0.1, -0.05) is 59.1 Å². The van der Waals surface area contributed by atoms with Crippen LogP contribution in [-0.2, 0) is 21.4 Å². The van der Waals surface area contributed by atoms with Crippen LogP contribution in [0.1, 0.15) is 87.2 Å². The topological polar surface area (TPSA) is 104 Å². The highest BCUT2D eigenvalue weighted by Crippen LogP contribution is 2.36. The van der Waals surface area contributed by atoms with E-state index in [4.69, 9.17) is 10.5 Å². The number of nitrogens with one attached hydrogen (secondary N) is 1. The van der Waals surface area contributed by atoms with Gasteiger partial charge in [-0.2, -0.15) is 0 Å². The third kappa shape index (κ3) is 7.50. The monoisotopic (exact) mass is 486 g/mol. The Bertz CT molecular complexity index is 999. The second-order valence-electron chi connectivity index (χ2n) is 9.68. The Kier molecular flexibility index (Phi) is 10.0. The molecule has 0 aliphatic rings. The number of carbonyl (C=O) groups excluding carboxylic acids is 2. The van der Waals surface area contributed by atoms with Crippen LogP contribution in [0.4, 0.5) is 5.69 Å². The first-order valence-electron chi connectivity index (χ1n) is 11.7. The van der Waals surface area contributed by atoms with E-state index in [-0.39, 0.29) is 23.7 Å². The van der Waals surface area contributed by atoms with Gasteiger partial charge < -0.3 is 20.3 Å². The standard InChI is InChI=1S/C27H38N2O4S/c1-7-8-9-10-18(21-13-12-20(34(6)32)17-24(21)33-5)16-25(30)29-23-15-19(26(28)31)11-14-22(23)27(2,3)4/h11-15,17-18H,7-10,16H2,1-6H3,(H2,28,31)(H,29,30). The molecule has 2 atom stereocenters. The van der Waals surface area contributed by atoms with Gasteiger partial charge >= 0.3 is 0 Å². The normalized spacial score (nSPS) is 13.3. The van der Waals surface area contributed by atoms with Crippen LogP contribution in [0.3, 0.4) is 0 Å². The molecule has 0 saturated carbocycles. The van der Waals surface area contributed by atoms with Crippen molar-refractivity contribution in [3.63, 3.8) is 0 Å². The Labute approximate surface area is 206 Å². The third-order valence-electron chi connectivity index (χ3n) is 5.95. The van der Waals surface area contributed by atoms with E-state index in [1.807, 2.05) is 18.2 Å². The van der Waals surface area contributed by atoms with Gasteiger partial charge in [-0.25, -0.2) is 0 Å². The number of nitrogens with two attached hydrogens (primary N) is 1. The molecule has 0 bridgehead atoms. The first-order chi connectivity index (χ1) is 16.0. The third-order valence-corrected chi connectivity index (χ3v) is 6.87. The van der Waals surface area contributed by atoms with Crippen molar-refractivity contribution in [3.8, 4) is 5.75 Å². The number of carbonyl (C=O) groups is 2. The van der Waals surface area contributed by atoms with Gasteiger partial charge in [-0.3, -0.25) is 9.59 Å². The van der Waals surface area contributed by atoms with E-state index in [9.17, 15) is 14.1 Å². The van der Waals surface area contributed by atoms with Gasteiger partial charge in [-0.05, 0) is 58.3 Å². The quantitative estimate of drug-likeness (QED) is 0.322. The van der Waals surface area contributed by atoms with Gasteiger partial charge in [0.15, 0.2) is 4.90 Å². The van der Waals surface area contributed by atoms with Crippen LogP contribution in [0.25, 0.3) is 0 Å². The Morgan fingerprint density at radius 1 is 1.15 bits per heavy atom. The molecular formula is C27H38N2O4S. The molecule has 0 saturated heterocycles. The molecule has 2 amide bonds. The van der Waals surface area contributed by atoms with Crippen molar-refractivity contribution < 1.29 is 18.9 Å². The molecule has 2 aromatic carbocycles. The van der Waals surface area contributed by atoms with Gasteiger partial charge in [-0.15, -0.1) is 0 Å². The lowest BCUT2D eigenvalue weighted by Gasteiger charge is -2.25. The first-order valence-corrected chi connectivity index (χ1v) is 13.3. The number of rotatable bonds is 11. The van der Waals surface area contributed by atoms with Crippen molar-refractivity contribution in [2.45, 2.75) is 76.0 Å². The summed E-state index contributed by atoms with van der Waals surface area (Å²) >= 11 is -1.12. The molecule has 34 heavy (non-hydrogen) atoms. The van der Waals surface area contributed by atoms with E-state index in [1.54, 1.807) is 31.6 Å². The molecule has 0 aromatic heterocycles. The zero-order valence-corrected chi connectivity index (χ0v) is 22.0. The summed E-state index contributed by atoms with van der Waals surface area (Å²) in [5.74, 6) is -0.0864. The van der Waals surface area contributed by atoms with E-state index >= 15 is 0 Å². The summed E-state index contributed by atoms with van der Waals surface area (Å²) in [6, 6.07) is 10.8. The minimum Gasteiger partial charge on any atom is -0.612 e. The molecule has 7 heteroatoms. The highest BCUT2D eigenvalue weighted by Gasteiger charge is 2.24. The molecule has 0 heterocycles. The summed E-state index contributed by atoms with van der Waals surface area (Å²) in [5.41, 5.74) is 8.07. The lowest BCUT2D eigenvalue weighted by atomic mass is 9.84. The Balaban J connectivity index is 2.36. The zero-order chi connectivity index (χ0) is 25.5. The molecular weight excluding hydrogens is 448 g/mol. The summed E-state index contributed by atoms with van der Waals surface area (Å²) in [7, 11) is 1.59. The molecule has 6 nitrogen and oxygen atoms in total. The van der Waals surface area contributed by atoms with Gasteiger partial charge in [0.2, 0.25) is 11.8 Å². The van der Waals surface area contributed by atoms with Crippen molar-refractivity contribution in [2.24, 2.45) is 5.73 Å². The molecule has 2 rings (SSSR count). The second-order valence-corrected chi connectivity index (χ2v) is 11.1. The van der Waals surface area contributed by atoms with Crippen LogP contribution >= 0.6 is 0 Å². The Hall–Kier alpha value is -2.51. The number of hydrogen-bond acceptors (Lipinski definition) is 4. The van der Waals surface area contributed by atoms with Crippen LogP contribution in [-0.4, -0.2) is 29.7 Å². The Morgan fingerprint density at radius 2 is 1.85 bits per heavy atom. The lowest BCUT2D eigenvalue weighted by molar-refractivity contribution is -0.116. The van der Waals surface area contributed by atoms with Crippen molar-refractivity contribution in [2.75, 3.05) is 18.7 Å². The summed E-state index contributed by atoms with van der Waals surface area (Å²) < 4.78 is 17.5. The van der Waals surface area contributed by atoms with E-state index in [0.717, 1.165) is 36.8 Å². The molecule has 0 aliphatic carbocycles. The lowest BCUT2D eigenvalue weighted by Crippen LogP contribution is -2.22. The number of ether oxygens (including phenoxy) is 1. The number of primary amides is 1. The largest absolute Gasteiger partial charge is 0.612 e. The van der Waals surface area contributed by atoms with E-state index in [2.05, 4.69) is 33.0 Å². The fourth-order valence-electron chi connectivity index (χ4n) is 4.10. The molecule has 0 aliphatic heterocycles. The number of anilines is 1. The highest BCUT2D eigenvalue weighted by molar-refractivity contribution is 7.90. The maximum Gasteiger partial charge on any atom is 0.248 e. The average molecular weight is 487 g/mol. The first kappa shape index (κ1) is 27.7. The van der Waals surface area contributed by atoms with E-state index < -0.39 is 17.1 Å². The summed E-state index contributed by atoms with van der Waals surface area (Å²) in [4.78, 5) is 25.7. The number of unbranched alkanes of at least 4 members (excludes halogenated alkanes) is 2. The Morgan fingerprint density at radius 3 is 2.41 bits per heavy atom. The van der Waals surface area contributed by atoms with E-state index in [0.29, 0.717) is 21.9 Å². The summed E-state index contributed by atoms with van der Waals surface area (Å²) in [6.45, 7) is 8.31. The molecule has 0 spiro atoms. The number of hydrogen-bond donors (Lipinski definition) is 2. The minimum atomic E-state index is -1.12. The van der Waals surface area contributed by atoms with Crippen LogP contribution in [0.2, 0.25) is 0 Å². The summed E-state index contributed by atoms with van der Waals surface area (Å²) in [5, 5.41) is 3.03. The fraction of sp³-hybridized carbons (Fsp3) is 0.481. The molecule has 2 aromatic rings. The van der Waals surface area contributed by atoms with Gasteiger partial charge in [0.05, 0.1) is 7.11 Å². The fourth-order valence-corrected chi connectivity index (χ4v) is 4.63. The summed E-state index contributed by atoms with van der Waals surface area (Å²) in [6.07, 6.45) is 5.88. The number of benzene rings is 2. The molecule has 3 N–H and O–H groups in total. The number of methoxy groups -OCH3 is 1. The average Bonchev–Trinajstić information content (AvgIpc) is 2.77. The SMILES string of the molecule is CCCCCC(CC(=O)Nc1cc(C(N)=O)ccc1C(C)(C)C)c1ccc([S+](C)[O-])cc1OC. The van der Waals surface area contributed by atoms with E-state index in [1.165, 1.54) is 0 Å². The molecule has 0 radical (unpaired) electrons. The van der Waals surface area contributed by atoms with Crippen LogP contribution in [0, 0.1) is 0 Å². The number of amides is 2. The minimum absolute atomic E-state index is 0.0572.